The highest BCUT2D eigenvalue weighted by Gasteiger charge is 2.11. The molecule has 0 aliphatic heterocycles. The molecule has 6 heteroatoms. The number of aromatic carboxylic acids is 1. The number of anilines is 4. The van der Waals surface area contributed by atoms with E-state index in [9.17, 15) is 9.90 Å². The van der Waals surface area contributed by atoms with Crippen molar-refractivity contribution in [1.29, 1.82) is 0 Å². The van der Waals surface area contributed by atoms with Crippen LogP contribution in [0, 0.1) is 6.92 Å². The lowest BCUT2D eigenvalue weighted by Crippen LogP contribution is -2.05. The van der Waals surface area contributed by atoms with E-state index < -0.39 is 5.97 Å². The van der Waals surface area contributed by atoms with Crippen LogP contribution in [0.3, 0.4) is 0 Å². The Kier molecular flexibility index (Phi) is 5.12. The molecule has 0 spiro atoms. The first-order valence-electron chi connectivity index (χ1n) is 8.36. The number of aromatic nitrogens is 2. The summed E-state index contributed by atoms with van der Waals surface area (Å²) in [4.78, 5) is 20.2. The SMILES string of the molecule is CCc1ccccc1Nc1cc(Nc2ccccc2C(=O)O)nc(C)n1. The number of aryl methyl sites for hydroxylation is 2. The van der Waals surface area contributed by atoms with Crippen LogP contribution in [0.1, 0.15) is 28.7 Å². The molecule has 3 aromatic rings. The summed E-state index contributed by atoms with van der Waals surface area (Å²) in [6, 6.07) is 16.5. The van der Waals surface area contributed by atoms with Crippen LogP contribution in [0.15, 0.2) is 54.6 Å². The van der Waals surface area contributed by atoms with Gasteiger partial charge in [-0.25, -0.2) is 14.8 Å². The Bertz CT molecular complexity index is 941. The maximum atomic E-state index is 11.4. The van der Waals surface area contributed by atoms with Gasteiger partial charge in [-0.3, -0.25) is 0 Å². The number of rotatable bonds is 6. The monoisotopic (exact) mass is 348 g/mol. The molecule has 0 unspecified atom stereocenters. The minimum absolute atomic E-state index is 0.189. The molecule has 1 aromatic heterocycles. The Hall–Kier alpha value is -3.41. The average molecular weight is 348 g/mol. The highest BCUT2D eigenvalue weighted by Crippen LogP contribution is 2.24. The van der Waals surface area contributed by atoms with Crippen molar-refractivity contribution in [3.63, 3.8) is 0 Å². The third-order valence-corrected chi connectivity index (χ3v) is 3.92. The summed E-state index contributed by atoms with van der Waals surface area (Å²) >= 11 is 0. The van der Waals surface area contributed by atoms with Crippen molar-refractivity contribution < 1.29 is 9.90 Å². The van der Waals surface area contributed by atoms with Crippen molar-refractivity contribution in [2.45, 2.75) is 20.3 Å². The summed E-state index contributed by atoms with van der Waals surface area (Å²) in [7, 11) is 0. The van der Waals surface area contributed by atoms with Crippen molar-refractivity contribution in [2.24, 2.45) is 0 Å². The van der Waals surface area contributed by atoms with Gasteiger partial charge >= 0.3 is 5.97 Å². The van der Waals surface area contributed by atoms with Gasteiger partial charge in [-0.05, 0) is 37.1 Å². The lowest BCUT2D eigenvalue weighted by Gasteiger charge is -2.13. The Morgan fingerprint density at radius 3 is 2.19 bits per heavy atom. The lowest BCUT2D eigenvalue weighted by molar-refractivity contribution is 0.0698. The second kappa shape index (κ2) is 7.65. The molecular formula is C20H20N4O2. The summed E-state index contributed by atoms with van der Waals surface area (Å²) in [5, 5.41) is 15.7. The largest absolute Gasteiger partial charge is 0.478 e. The van der Waals surface area contributed by atoms with Gasteiger partial charge in [0, 0.05) is 11.8 Å². The van der Waals surface area contributed by atoms with Crippen LogP contribution >= 0.6 is 0 Å². The molecule has 26 heavy (non-hydrogen) atoms. The Labute approximate surface area is 152 Å². The number of nitrogens with one attached hydrogen (secondary N) is 2. The van der Waals surface area contributed by atoms with Crippen molar-refractivity contribution in [1.82, 2.24) is 9.97 Å². The number of hydrogen-bond acceptors (Lipinski definition) is 5. The molecule has 1 heterocycles. The van der Waals surface area contributed by atoms with E-state index in [0.717, 1.165) is 12.1 Å². The van der Waals surface area contributed by atoms with Crippen LogP contribution in [0.2, 0.25) is 0 Å². The number of benzene rings is 2. The number of carbonyl (C=O) groups is 1. The maximum absolute atomic E-state index is 11.4. The van der Waals surface area contributed by atoms with Gasteiger partial charge in [0.05, 0.1) is 11.3 Å². The zero-order valence-electron chi connectivity index (χ0n) is 14.7. The number of carboxylic acids is 1. The van der Waals surface area contributed by atoms with Gasteiger partial charge in [-0.2, -0.15) is 0 Å². The smallest absolute Gasteiger partial charge is 0.337 e. The minimum atomic E-state index is -0.992. The number of para-hydroxylation sites is 2. The van der Waals surface area contributed by atoms with Gasteiger partial charge in [0.1, 0.15) is 17.5 Å². The molecule has 0 aliphatic rings. The molecule has 3 N–H and O–H groups in total. The zero-order valence-corrected chi connectivity index (χ0v) is 14.7. The van der Waals surface area contributed by atoms with E-state index in [1.807, 2.05) is 18.2 Å². The van der Waals surface area contributed by atoms with E-state index in [-0.39, 0.29) is 5.56 Å². The predicted molar refractivity (Wildman–Crippen MR) is 103 cm³/mol. The molecule has 0 aliphatic carbocycles. The van der Waals surface area contributed by atoms with Gasteiger partial charge in [0.25, 0.3) is 0 Å². The summed E-state index contributed by atoms with van der Waals surface area (Å²) in [5.74, 6) is 0.768. The molecular weight excluding hydrogens is 328 g/mol. The van der Waals surface area contributed by atoms with Crippen LogP contribution in [-0.4, -0.2) is 21.0 Å². The van der Waals surface area contributed by atoms with Crippen molar-refractivity contribution in [3.05, 3.63) is 71.5 Å². The van der Waals surface area contributed by atoms with Gasteiger partial charge in [-0.15, -0.1) is 0 Å². The van der Waals surface area contributed by atoms with E-state index in [0.29, 0.717) is 23.1 Å². The van der Waals surface area contributed by atoms with Crippen LogP contribution < -0.4 is 10.6 Å². The van der Waals surface area contributed by atoms with Crippen molar-refractivity contribution >= 4 is 29.0 Å². The maximum Gasteiger partial charge on any atom is 0.337 e. The minimum Gasteiger partial charge on any atom is -0.478 e. The normalized spacial score (nSPS) is 10.4. The van der Waals surface area contributed by atoms with E-state index in [1.54, 1.807) is 37.3 Å². The van der Waals surface area contributed by atoms with Crippen molar-refractivity contribution in [2.75, 3.05) is 10.6 Å². The van der Waals surface area contributed by atoms with Crippen LogP contribution in [0.25, 0.3) is 0 Å². The van der Waals surface area contributed by atoms with Gasteiger partial charge in [0.15, 0.2) is 0 Å². The zero-order chi connectivity index (χ0) is 18.5. The fourth-order valence-corrected chi connectivity index (χ4v) is 2.70. The second-order valence-electron chi connectivity index (χ2n) is 5.80. The third-order valence-electron chi connectivity index (χ3n) is 3.92. The molecule has 0 radical (unpaired) electrons. The predicted octanol–water partition coefficient (Wildman–Crippen LogP) is 4.53. The fraction of sp³-hybridized carbons (Fsp3) is 0.150. The number of carboxylic acid groups (broad SMARTS) is 1. The van der Waals surface area contributed by atoms with E-state index in [4.69, 9.17) is 0 Å². The number of nitrogens with zero attached hydrogens (tertiary/aromatic N) is 2. The third kappa shape index (κ3) is 3.97. The van der Waals surface area contributed by atoms with E-state index >= 15 is 0 Å². The van der Waals surface area contributed by atoms with E-state index in [2.05, 4.69) is 33.6 Å². The molecule has 0 saturated heterocycles. The van der Waals surface area contributed by atoms with Crippen LogP contribution in [0.5, 0.6) is 0 Å². The van der Waals surface area contributed by atoms with Crippen LogP contribution in [0.4, 0.5) is 23.0 Å². The van der Waals surface area contributed by atoms with E-state index in [1.165, 1.54) is 5.56 Å². The molecule has 0 saturated carbocycles. The summed E-state index contributed by atoms with van der Waals surface area (Å²) in [6.45, 7) is 3.90. The molecule has 0 bridgehead atoms. The summed E-state index contributed by atoms with van der Waals surface area (Å²) in [6.07, 6.45) is 0.907. The number of hydrogen-bond donors (Lipinski definition) is 3. The molecule has 6 nitrogen and oxygen atoms in total. The Balaban J connectivity index is 1.90. The topological polar surface area (TPSA) is 87.1 Å². The highest BCUT2D eigenvalue weighted by molar-refractivity contribution is 5.95. The molecule has 0 atom stereocenters. The quantitative estimate of drug-likeness (QED) is 0.606. The molecule has 132 valence electrons. The van der Waals surface area contributed by atoms with Crippen LogP contribution in [-0.2, 0) is 6.42 Å². The lowest BCUT2D eigenvalue weighted by atomic mass is 10.1. The first kappa shape index (κ1) is 17.4. The molecule has 3 rings (SSSR count). The fourth-order valence-electron chi connectivity index (χ4n) is 2.70. The van der Waals surface area contributed by atoms with Crippen molar-refractivity contribution in [3.8, 4) is 0 Å². The van der Waals surface area contributed by atoms with Gasteiger partial charge < -0.3 is 15.7 Å². The average Bonchev–Trinajstić information content (AvgIpc) is 2.62. The van der Waals surface area contributed by atoms with Gasteiger partial charge in [-0.1, -0.05) is 37.3 Å². The standard InChI is InChI=1S/C20H20N4O2/c1-3-14-8-4-6-10-16(14)23-18-12-19(22-13(2)21-18)24-17-11-7-5-9-15(17)20(25)26/h4-12H,3H2,1-2H3,(H,25,26)(H2,21,22,23,24). The first-order chi connectivity index (χ1) is 12.6. The summed E-state index contributed by atoms with van der Waals surface area (Å²) < 4.78 is 0. The Morgan fingerprint density at radius 2 is 1.54 bits per heavy atom. The first-order valence-corrected chi connectivity index (χ1v) is 8.36. The second-order valence-corrected chi connectivity index (χ2v) is 5.80. The Morgan fingerprint density at radius 1 is 0.962 bits per heavy atom. The van der Waals surface area contributed by atoms with Gasteiger partial charge in [0.2, 0.25) is 0 Å². The highest BCUT2D eigenvalue weighted by atomic mass is 16.4. The molecule has 0 amide bonds. The summed E-state index contributed by atoms with van der Waals surface area (Å²) in [5.41, 5.74) is 2.85. The molecule has 2 aromatic carbocycles. The molecule has 0 fully saturated rings.